The second kappa shape index (κ2) is 5.61. The van der Waals surface area contributed by atoms with Crippen LogP contribution in [0.5, 0.6) is 5.75 Å². The zero-order valence-corrected chi connectivity index (χ0v) is 11.5. The summed E-state index contributed by atoms with van der Waals surface area (Å²) >= 11 is 0. The Balaban J connectivity index is 2.06. The Kier molecular flexibility index (Phi) is 4.25. The van der Waals surface area contributed by atoms with Crippen molar-refractivity contribution >= 4 is 0 Å². The molecule has 1 fully saturated rings. The van der Waals surface area contributed by atoms with E-state index in [1.165, 1.54) is 12.1 Å². The highest BCUT2D eigenvalue weighted by molar-refractivity contribution is 5.29. The Morgan fingerprint density at radius 2 is 2.00 bits per heavy atom. The standard InChI is InChI=1S/C14H18F3NO2/c1-3-13(2)9-18-8-12(20-13)10-4-6-11(7-5-10)19-14(15,16)17/h4-7,12,18H,3,8-9H2,1-2H3. The van der Waals surface area contributed by atoms with Crippen LogP contribution in [0.4, 0.5) is 13.2 Å². The molecule has 0 spiro atoms. The van der Waals surface area contributed by atoms with E-state index in [0.29, 0.717) is 6.54 Å². The van der Waals surface area contributed by atoms with Crippen molar-refractivity contribution in [2.24, 2.45) is 0 Å². The van der Waals surface area contributed by atoms with Gasteiger partial charge in [-0.3, -0.25) is 0 Å². The van der Waals surface area contributed by atoms with Crippen molar-refractivity contribution in [1.82, 2.24) is 5.32 Å². The smallest absolute Gasteiger partial charge is 0.406 e. The van der Waals surface area contributed by atoms with Gasteiger partial charge in [0.05, 0.1) is 11.7 Å². The zero-order valence-electron chi connectivity index (χ0n) is 11.5. The SMILES string of the molecule is CCC1(C)CNCC(c2ccc(OC(F)(F)F)cc2)O1. The molecule has 20 heavy (non-hydrogen) atoms. The molecule has 1 aliphatic rings. The average molecular weight is 289 g/mol. The highest BCUT2D eigenvalue weighted by atomic mass is 19.4. The van der Waals surface area contributed by atoms with Gasteiger partial charge in [0.2, 0.25) is 0 Å². The Morgan fingerprint density at radius 3 is 2.55 bits per heavy atom. The Morgan fingerprint density at radius 1 is 1.35 bits per heavy atom. The van der Waals surface area contributed by atoms with Gasteiger partial charge in [-0.2, -0.15) is 0 Å². The molecule has 1 saturated heterocycles. The fraction of sp³-hybridized carbons (Fsp3) is 0.571. The number of ether oxygens (including phenoxy) is 2. The van der Waals surface area contributed by atoms with Gasteiger partial charge in [-0.05, 0) is 31.0 Å². The number of hydrogen-bond acceptors (Lipinski definition) is 3. The van der Waals surface area contributed by atoms with E-state index in [9.17, 15) is 13.2 Å². The monoisotopic (exact) mass is 289 g/mol. The number of halogens is 3. The molecule has 0 saturated carbocycles. The first-order valence-corrected chi connectivity index (χ1v) is 6.55. The molecule has 0 amide bonds. The molecule has 0 aliphatic carbocycles. The van der Waals surface area contributed by atoms with Gasteiger partial charge in [-0.1, -0.05) is 19.1 Å². The first kappa shape index (κ1) is 15.1. The zero-order chi connectivity index (χ0) is 14.8. The van der Waals surface area contributed by atoms with Crippen molar-refractivity contribution in [3.05, 3.63) is 29.8 Å². The van der Waals surface area contributed by atoms with E-state index in [2.05, 4.69) is 10.1 Å². The molecule has 2 unspecified atom stereocenters. The number of hydrogen-bond donors (Lipinski definition) is 1. The first-order valence-electron chi connectivity index (χ1n) is 6.55. The van der Waals surface area contributed by atoms with E-state index >= 15 is 0 Å². The first-order chi connectivity index (χ1) is 9.31. The maximum absolute atomic E-state index is 12.1. The average Bonchev–Trinajstić information content (AvgIpc) is 2.38. The third-order valence-corrected chi connectivity index (χ3v) is 3.49. The molecule has 6 heteroatoms. The summed E-state index contributed by atoms with van der Waals surface area (Å²) in [6, 6.07) is 5.83. The Bertz CT molecular complexity index is 447. The maximum atomic E-state index is 12.1. The van der Waals surface area contributed by atoms with Crippen LogP contribution in [0.15, 0.2) is 24.3 Å². The molecule has 2 rings (SSSR count). The normalized spacial score (nSPS) is 27.4. The van der Waals surface area contributed by atoms with Crippen LogP contribution in [0, 0.1) is 0 Å². The second-order valence-electron chi connectivity index (χ2n) is 5.16. The van der Waals surface area contributed by atoms with Crippen LogP contribution in [0.2, 0.25) is 0 Å². The molecular formula is C14H18F3NO2. The fourth-order valence-electron chi connectivity index (χ4n) is 2.17. The van der Waals surface area contributed by atoms with Gasteiger partial charge in [-0.25, -0.2) is 0 Å². The van der Waals surface area contributed by atoms with Gasteiger partial charge in [-0.15, -0.1) is 13.2 Å². The van der Waals surface area contributed by atoms with Crippen molar-refractivity contribution in [2.45, 2.75) is 38.3 Å². The lowest BCUT2D eigenvalue weighted by Crippen LogP contribution is -2.48. The number of rotatable bonds is 3. The lowest BCUT2D eigenvalue weighted by molar-refractivity contribution is -0.274. The number of alkyl halides is 3. The topological polar surface area (TPSA) is 30.5 Å². The number of nitrogens with one attached hydrogen (secondary N) is 1. The minimum atomic E-state index is -4.66. The maximum Gasteiger partial charge on any atom is 0.573 e. The molecule has 1 aliphatic heterocycles. The summed E-state index contributed by atoms with van der Waals surface area (Å²) < 4.78 is 46.1. The summed E-state index contributed by atoms with van der Waals surface area (Å²) in [7, 11) is 0. The molecule has 0 radical (unpaired) electrons. The summed E-state index contributed by atoms with van der Waals surface area (Å²) in [4.78, 5) is 0. The minimum Gasteiger partial charge on any atom is -0.406 e. The summed E-state index contributed by atoms with van der Waals surface area (Å²) in [6.07, 6.45) is -3.95. The highest BCUT2D eigenvalue weighted by Crippen LogP contribution is 2.31. The molecular weight excluding hydrogens is 271 g/mol. The van der Waals surface area contributed by atoms with Crippen molar-refractivity contribution in [1.29, 1.82) is 0 Å². The molecule has 1 aromatic rings. The van der Waals surface area contributed by atoms with Crippen molar-refractivity contribution in [3.63, 3.8) is 0 Å². The molecule has 1 heterocycles. The van der Waals surface area contributed by atoms with Crippen LogP contribution in [0.1, 0.15) is 31.9 Å². The third kappa shape index (κ3) is 3.86. The van der Waals surface area contributed by atoms with Gasteiger partial charge in [0, 0.05) is 13.1 Å². The van der Waals surface area contributed by atoms with E-state index in [0.717, 1.165) is 18.5 Å². The lowest BCUT2D eigenvalue weighted by Gasteiger charge is -2.39. The second-order valence-corrected chi connectivity index (χ2v) is 5.16. The van der Waals surface area contributed by atoms with Gasteiger partial charge >= 0.3 is 6.36 Å². The largest absolute Gasteiger partial charge is 0.573 e. The van der Waals surface area contributed by atoms with E-state index in [4.69, 9.17) is 4.74 Å². The third-order valence-electron chi connectivity index (χ3n) is 3.49. The van der Waals surface area contributed by atoms with Crippen LogP contribution < -0.4 is 10.1 Å². The summed E-state index contributed by atoms with van der Waals surface area (Å²) in [6.45, 7) is 5.49. The van der Waals surface area contributed by atoms with Crippen LogP contribution in [-0.2, 0) is 4.74 Å². The minimum absolute atomic E-state index is 0.159. The van der Waals surface area contributed by atoms with E-state index in [-0.39, 0.29) is 17.5 Å². The number of morpholine rings is 1. The van der Waals surface area contributed by atoms with Crippen molar-refractivity contribution in [3.8, 4) is 5.75 Å². The fourth-order valence-corrected chi connectivity index (χ4v) is 2.17. The van der Waals surface area contributed by atoms with Crippen molar-refractivity contribution in [2.75, 3.05) is 13.1 Å². The molecule has 112 valence electrons. The molecule has 1 aromatic carbocycles. The number of benzene rings is 1. The summed E-state index contributed by atoms with van der Waals surface area (Å²) in [5, 5.41) is 3.29. The van der Waals surface area contributed by atoms with E-state index in [1.807, 2.05) is 13.8 Å². The molecule has 2 atom stereocenters. The summed E-state index contributed by atoms with van der Waals surface area (Å²) in [5.41, 5.74) is 0.593. The van der Waals surface area contributed by atoms with Gasteiger partial charge in [0.25, 0.3) is 0 Å². The molecule has 0 bridgehead atoms. The van der Waals surface area contributed by atoms with Crippen molar-refractivity contribution < 1.29 is 22.6 Å². The Hall–Kier alpha value is -1.27. The Labute approximate surface area is 116 Å². The van der Waals surface area contributed by atoms with Gasteiger partial charge < -0.3 is 14.8 Å². The summed E-state index contributed by atoms with van der Waals surface area (Å²) in [5.74, 6) is -0.219. The van der Waals surface area contributed by atoms with Crippen LogP contribution in [0.25, 0.3) is 0 Å². The van der Waals surface area contributed by atoms with E-state index < -0.39 is 6.36 Å². The van der Waals surface area contributed by atoms with Crippen LogP contribution in [0.3, 0.4) is 0 Å². The van der Waals surface area contributed by atoms with Gasteiger partial charge in [0.1, 0.15) is 5.75 Å². The molecule has 0 aromatic heterocycles. The molecule has 3 nitrogen and oxygen atoms in total. The highest BCUT2D eigenvalue weighted by Gasteiger charge is 2.33. The van der Waals surface area contributed by atoms with Crippen LogP contribution in [-0.4, -0.2) is 25.1 Å². The van der Waals surface area contributed by atoms with Gasteiger partial charge in [0.15, 0.2) is 0 Å². The lowest BCUT2D eigenvalue weighted by atomic mass is 9.98. The predicted octanol–water partition coefficient (Wildman–Crippen LogP) is 3.41. The van der Waals surface area contributed by atoms with E-state index in [1.54, 1.807) is 12.1 Å². The predicted molar refractivity (Wildman–Crippen MR) is 68.5 cm³/mol. The quantitative estimate of drug-likeness (QED) is 0.925. The van der Waals surface area contributed by atoms with Crippen LogP contribution >= 0.6 is 0 Å². The molecule has 1 N–H and O–H groups in total.